The van der Waals surface area contributed by atoms with Crippen LogP contribution in [0.4, 0.5) is 5.69 Å². The largest absolute Gasteiger partial charge is 0.396 e. The van der Waals surface area contributed by atoms with Gasteiger partial charge in [0.2, 0.25) is 5.91 Å². The molecule has 0 heterocycles. The smallest absolute Gasteiger partial charge is 0.238 e. The summed E-state index contributed by atoms with van der Waals surface area (Å²) in [5, 5.41) is 14.8. The molecule has 0 aromatic heterocycles. The van der Waals surface area contributed by atoms with E-state index >= 15 is 0 Å². The quantitative estimate of drug-likeness (QED) is 0.650. The van der Waals surface area contributed by atoms with Crippen molar-refractivity contribution in [1.82, 2.24) is 5.32 Å². The number of unbranched alkanes of at least 4 members (excludes halogenated alkanes) is 1. The van der Waals surface area contributed by atoms with E-state index in [0.29, 0.717) is 10.7 Å². The first-order chi connectivity index (χ1) is 8.24. The third kappa shape index (κ3) is 5.68. The Hall–Kier alpha value is -1.10. The van der Waals surface area contributed by atoms with Crippen LogP contribution in [-0.4, -0.2) is 30.7 Å². The summed E-state index contributed by atoms with van der Waals surface area (Å²) in [6.45, 7) is 1.15. The predicted octanol–water partition coefficient (Wildman–Crippen LogP) is 1.64. The van der Waals surface area contributed by atoms with E-state index in [2.05, 4.69) is 10.6 Å². The van der Waals surface area contributed by atoms with Crippen molar-refractivity contribution < 1.29 is 9.90 Å². The van der Waals surface area contributed by atoms with Crippen molar-refractivity contribution in [3.63, 3.8) is 0 Å². The van der Waals surface area contributed by atoms with Crippen molar-refractivity contribution in [2.24, 2.45) is 0 Å². The Bertz CT molecular complexity index is 358. The second kappa shape index (κ2) is 8.06. The lowest BCUT2D eigenvalue weighted by Gasteiger charge is -2.07. The third-order valence-corrected chi connectivity index (χ3v) is 2.52. The first kappa shape index (κ1) is 14.0. The van der Waals surface area contributed by atoms with Gasteiger partial charge in [-0.25, -0.2) is 0 Å². The maximum absolute atomic E-state index is 11.5. The fourth-order valence-corrected chi connectivity index (χ4v) is 1.50. The van der Waals surface area contributed by atoms with Crippen LogP contribution in [0.1, 0.15) is 12.8 Å². The van der Waals surface area contributed by atoms with Crippen molar-refractivity contribution in [3.8, 4) is 0 Å². The summed E-state index contributed by atoms with van der Waals surface area (Å²) in [6, 6.07) is 7.11. The van der Waals surface area contributed by atoms with E-state index < -0.39 is 0 Å². The number of benzene rings is 1. The molecule has 17 heavy (non-hydrogen) atoms. The van der Waals surface area contributed by atoms with Crippen LogP contribution < -0.4 is 10.6 Å². The summed E-state index contributed by atoms with van der Waals surface area (Å²) in [4.78, 5) is 11.5. The van der Waals surface area contributed by atoms with Crippen LogP contribution in [0.2, 0.25) is 5.02 Å². The van der Waals surface area contributed by atoms with E-state index in [1.165, 1.54) is 0 Å². The number of hydrogen-bond donors (Lipinski definition) is 3. The Morgan fingerprint density at radius 3 is 2.76 bits per heavy atom. The number of nitrogens with one attached hydrogen (secondary N) is 2. The molecule has 0 aliphatic carbocycles. The van der Waals surface area contributed by atoms with Gasteiger partial charge < -0.3 is 15.7 Å². The average molecular weight is 257 g/mol. The summed E-state index contributed by atoms with van der Waals surface area (Å²) >= 11 is 5.91. The molecule has 5 heteroatoms. The third-order valence-electron chi connectivity index (χ3n) is 2.20. The van der Waals surface area contributed by atoms with Gasteiger partial charge in [-0.15, -0.1) is 0 Å². The van der Waals surface area contributed by atoms with Gasteiger partial charge in [-0.2, -0.15) is 0 Å². The summed E-state index contributed by atoms with van der Waals surface area (Å²) in [6.07, 6.45) is 1.61. The molecule has 0 unspecified atom stereocenters. The molecule has 0 bridgehead atoms. The first-order valence-corrected chi connectivity index (χ1v) is 5.98. The maximum atomic E-state index is 11.5. The summed E-state index contributed by atoms with van der Waals surface area (Å²) in [7, 11) is 0. The zero-order chi connectivity index (χ0) is 12.5. The minimum absolute atomic E-state index is 0.123. The fraction of sp³-hybridized carbons (Fsp3) is 0.417. The molecule has 3 N–H and O–H groups in total. The zero-order valence-corrected chi connectivity index (χ0v) is 10.3. The normalized spacial score (nSPS) is 10.2. The van der Waals surface area contributed by atoms with Crippen LogP contribution in [0.15, 0.2) is 24.3 Å². The van der Waals surface area contributed by atoms with Crippen LogP contribution in [0, 0.1) is 0 Å². The van der Waals surface area contributed by atoms with Gasteiger partial charge in [-0.3, -0.25) is 4.79 Å². The highest BCUT2D eigenvalue weighted by Gasteiger charge is 2.03. The monoisotopic (exact) mass is 256 g/mol. The number of halogens is 1. The fourth-order valence-electron chi connectivity index (χ4n) is 1.32. The number of carbonyl (C=O) groups is 1. The summed E-state index contributed by atoms with van der Waals surface area (Å²) in [5.74, 6) is -0.123. The SMILES string of the molecule is O=C(CNCCCCO)Nc1ccccc1Cl. The van der Waals surface area contributed by atoms with Crippen LogP contribution in [-0.2, 0) is 4.79 Å². The number of aliphatic hydroxyl groups excluding tert-OH is 1. The van der Waals surface area contributed by atoms with E-state index in [9.17, 15) is 4.79 Å². The summed E-state index contributed by atoms with van der Waals surface area (Å²) < 4.78 is 0. The molecule has 0 aliphatic heterocycles. The molecule has 0 saturated heterocycles. The molecular formula is C12H17ClN2O2. The highest BCUT2D eigenvalue weighted by molar-refractivity contribution is 6.33. The van der Waals surface area contributed by atoms with E-state index in [-0.39, 0.29) is 19.1 Å². The Balaban J connectivity index is 2.23. The van der Waals surface area contributed by atoms with Crippen LogP contribution in [0.5, 0.6) is 0 Å². The molecule has 0 fully saturated rings. The molecule has 0 spiro atoms. The number of carbonyl (C=O) groups excluding carboxylic acids is 1. The molecule has 1 aromatic rings. The number of anilines is 1. The molecule has 94 valence electrons. The Morgan fingerprint density at radius 2 is 2.06 bits per heavy atom. The lowest BCUT2D eigenvalue weighted by molar-refractivity contribution is -0.115. The van der Waals surface area contributed by atoms with Crippen LogP contribution >= 0.6 is 11.6 Å². The molecule has 0 aliphatic rings. The topological polar surface area (TPSA) is 61.4 Å². The van der Waals surface area contributed by atoms with Gasteiger partial charge in [-0.05, 0) is 31.5 Å². The Kier molecular flexibility index (Phi) is 6.62. The highest BCUT2D eigenvalue weighted by atomic mass is 35.5. The first-order valence-electron chi connectivity index (χ1n) is 5.60. The standard InChI is InChI=1S/C12H17ClN2O2/c13-10-5-1-2-6-11(10)15-12(17)9-14-7-3-4-8-16/h1-2,5-6,14,16H,3-4,7-9H2,(H,15,17). The van der Waals surface area contributed by atoms with E-state index in [1.54, 1.807) is 12.1 Å². The van der Waals surface area contributed by atoms with Gasteiger partial charge >= 0.3 is 0 Å². The molecular weight excluding hydrogens is 240 g/mol. The molecule has 0 saturated carbocycles. The Labute approximate surface area is 106 Å². The molecule has 1 aromatic carbocycles. The lowest BCUT2D eigenvalue weighted by atomic mass is 10.3. The van der Waals surface area contributed by atoms with Gasteiger partial charge in [0.1, 0.15) is 0 Å². The van der Waals surface area contributed by atoms with Gasteiger partial charge in [0.15, 0.2) is 0 Å². The van der Waals surface area contributed by atoms with Crippen molar-refractivity contribution in [1.29, 1.82) is 0 Å². The predicted molar refractivity (Wildman–Crippen MR) is 69.3 cm³/mol. The van der Waals surface area contributed by atoms with Gasteiger partial charge in [0.05, 0.1) is 17.3 Å². The van der Waals surface area contributed by atoms with Gasteiger partial charge in [0.25, 0.3) is 0 Å². The molecule has 0 atom stereocenters. The number of aliphatic hydroxyl groups is 1. The van der Waals surface area contributed by atoms with E-state index in [0.717, 1.165) is 19.4 Å². The molecule has 4 nitrogen and oxygen atoms in total. The second-order valence-electron chi connectivity index (χ2n) is 3.64. The number of rotatable bonds is 7. The minimum atomic E-state index is -0.123. The van der Waals surface area contributed by atoms with Crippen LogP contribution in [0.25, 0.3) is 0 Å². The van der Waals surface area contributed by atoms with Crippen molar-refractivity contribution in [3.05, 3.63) is 29.3 Å². The van der Waals surface area contributed by atoms with E-state index in [1.807, 2.05) is 12.1 Å². The van der Waals surface area contributed by atoms with Crippen molar-refractivity contribution >= 4 is 23.2 Å². The Morgan fingerprint density at radius 1 is 1.29 bits per heavy atom. The number of amides is 1. The average Bonchev–Trinajstić information content (AvgIpc) is 2.32. The maximum Gasteiger partial charge on any atom is 0.238 e. The lowest BCUT2D eigenvalue weighted by Crippen LogP contribution is -2.28. The van der Waals surface area contributed by atoms with Crippen LogP contribution in [0.3, 0.4) is 0 Å². The zero-order valence-electron chi connectivity index (χ0n) is 9.58. The molecule has 1 amide bonds. The van der Waals surface area contributed by atoms with E-state index in [4.69, 9.17) is 16.7 Å². The van der Waals surface area contributed by atoms with Gasteiger partial charge in [-0.1, -0.05) is 23.7 Å². The highest BCUT2D eigenvalue weighted by Crippen LogP contribution is 2.19. The summed E-state index contributed by atoms with van der Waals surface area (Å²) in [5.41, 5.74) is 0.622. The van der Waals surface area contributed by atoms with Gasteiger partial charge in [0, 0.05) is 6.61 Å². The molecule has 1 rings (SSSR count). The number of hydrogen-bond acceptors (Lipinski definition) is 3. The van der Waals surface area contributed by atoms with Crippen molar-refractivity contribution in [2.75, 3.05) is 25.0 Å². The van der Waals surface area contributed by atoms with Crippen molar-refractivity contribution in [2.45, 2.75) is 12.8 Å². The minimum Gasteiger partial charge on any atom is -0.396 e. The number of para-hydroxylation sites is 1. The second-order valence-corrected chi connectivity index (χ2v) is 4.04. The molecule has 0 radical (unpaired) electrons.